The Labute approximate surface area is 232 Å². The zero-order valence-electron chi connectivity index (χ0n) is 22.7. The number of sulfonamides is 1. The number of piperidine rings is 1. The quantitative estimate of drug-likeness (QED) is 0.368. The maximum absolute atomic E-state index is 13.8. The smallest absolute Gasteiger partial charge is 0.253 e. The van der Waals surface area contributed by atoms with Gasteiger partial charge in [0.05, 0.1) is 11.4 Å². The van der Waals surface area contributed by atoms with Gasteiger partial charge in [-0.2, -0.15) is 4.31 Å². The van der Waals surface area contributed by atoms with Crippen LogP contribution in [0.25, 0.3) is 0 Å². The fourth-order valence-electron chi connectivity index (χ4n) is 4.98. The maximum atomic E-state index is 13.8. The number of carbonyl (C=O) groups is 2. The van der Waals surface area contributed by atoms with E-state index in [2.05, 4.69) is 0 Å². The standard InChI is InChI=1S/C31H37N3O4S/c1-3-20-33(39(37,38)29-12-8-5-9-13-29)24-30(35)34(23-26-10-6-4-7-11-26)28-18-21-32(22-19-28)31(36)27-16-14-25(2)15-17-27/h4-17,28H,3,18-24H2,1-2H3. The lowest BCUT2D eigenvalue weighted by molar-refractivity contribution is -0.135. The number of rotatable bonds is 10. The summed E-state index contributed by atoms with van der Waals surface area (Å²) >= 11 is 0. The van der Waals surface area contributed by atoms with Crippen molar-refractivity contribution in [1.82, 2.24) is 14.1 Å². The second-order valence-corrected chi connectivity index (χ2v) is 12.0. The molecule has 0 spiro atoms. The van der Waals surface area contributed by atoms with Gasteiger partial charge in [-0.3, -0.25) is 9.59 Å². The molecular weight excluding hydrogens is 510 g/mol. The van der Waals surface area contributed by atoms with Crippen molar-refractivity contribution in [3.05, 3.63) is 102 Å². The number of hydrogen-bond acceptors (Lipinski definition) is 4. The summed E-state index contributed by atoms with van der Waals surface area (Å²) in [7, 11) is -3.82. The Morgan fingerprint density at radius 3 is 2.05 bits per heavy atom. The first-order valence-electron chi connectivity index (χ1n) is 13.5. The molecule has 0 atom stereocenters. The third-order valence-corrected chi connectivity index (χ3v) is 9.03. The van der Waals surface area contributed by atoms with Crippen LogP contribution in [0.3, 0.4) is 0 Å². The van der Waals surface area contributed by atoms with Gasteiger partial charge in [-0.1, -0.05) is 73.2 Å². The Bertz CT molecular complexity index is 1340. The molecule has 0 aliphatic carbocycles. The Kier molecular flexibility index (Phi) is 9.54. The van der Waals surface area contributed by atoms with Crippen molar-refractivity contribution in [2.75, 3.05) is 26.2 Å². The number of benzene rings is 3. The molecule has 1 aliphatic rings. The molecule has 0 saturated carbocycles. The van der Waals surface area contributed by atoms with Crippen molar-refractivity contribution < 1.29 is 18.0 Å². The number of nitrogens with zero attached hydrogens (tertiary/aromatic N) is 3. The summed E-state index contributed by atoms with van der Waals surface area (Å²) in [5.41, 5.74) is 2.75. The van der Waals surface area contributed by atoms with Crippen molar-refractivity contribution >= 4 is 21.8 Å². The van der Waals surface area contributed by atoms with Gasteiger partial charge in [0.25, 0.3) is 5.91 Å². The second-order valence-electron chi connectivity index (χ2n) is 10.0. The van der Waals surface area contributed by atoms with E-state index in [0.717, 1.165) is 11.1 Å². The van der Waals surface area contributed by atoms with Crippen LogP contribution in [0, 0.1) is 6.92 Å². The molecule has 1 fully saturated rings. The van der Waals surface area contributed by atoms with Crippen molar-refractivity contribution in [2.45, 2.75) is 50.6 Å². The van der Waals surface area contributed by atoms with E-state index in [9.17, 15) is 18.0 Å². The van der Waals surface area contributed by atoms with E-state index >= 15 is 0 Å². The number of likely N-dealkylation sites (tertiary alicyclic amines) is 1. The molecule has 1 aliphatic heterocycles. The first-order valence-corrected chi connectivity index (χ1v) is 15.0. The Hall–Kier alpha value is -3.49. The average Bonchev–Trinajstić information content (AvgIpc) is 2.97. The maximum Gasteiger partial charge on any atom is 0.253 e. The van der Waals surface area contributed by atoms with E-state index in [1.807, 2.05) is 78.2 Å². The zero-order chi connectivity index (χ0) is 27.8. The molecule has 0 unspecified atom stereocenters. The van der Waals surface area contributed by atoms with Gasteiger partial charge in [-0.25, -0.2) is 8.42 Å². The van der Waals surface area contributed by atoms with Gasteiger partial charge in [0, 0.05) is 37.8 Å². The van der Waals surface area contributed by atoms with Gasteiger partial charge >= 0.3 is 0 Å². The zero-order valence-corrected chi connectivity index (χ0v) is 23.5. The Morgan fingerprint density at radius 2 is 1.46 bits per heavy atom. The van der Waals surface area contributed by atoms with Crippen LogP contribution >= 0.6 is 0 Å². The fourth-order valence-corrected chi connectivity index (χ4v) is 6.48. The fraction of sp³-hybridized carbons (Fsp3) is 0.355. The number of carbonyl (C=O) groups excluding carboxylic acids is 2. The highest BCUT2D eigenvalue weighted by Gasteiger charge is 2.33. The molecule has 3 aromatic carbocycles. The molecule has 0 N–H and O–H groups in total. The van der Waals surface area contributed by atoms with Crippen LogP contribution in [0.2, 0.25) is 0 Å². The van der Waals surface area contributed by atoms with E-state index in [4.69, 9.17) is 0 Å². The van der Waals surface area contributed by atoms with E-state index in [1.54, 1.807) is 30.3 Å². The first-order chi connectivity index (χ1) is 18.8. The number of hydrogen-bond donors (Lipinski definition) is 0. The summed E-state index contributed by atoms with van der Waals surface area (Å²) in [5.74, 6) is -0.229. The SMILES string of the molecule is CCCN(CC(=O)N(Cc1ccccc1)C1CCN(C(=O)c2ccc(C)cc2)CC1)S(=O)(=O)c1ccccc1. The molecule has 8 heteroatoms. The van der Waals surface area contributed by atoms with Crippen molar-refractivity contribution in [3.63, 3.8) is 0 Å². The predicted octanol–water partition coefficient (Wildman–Crippen LogP) is 4.73. The highest BCUT2D eigenvalue weighted by Crippen LogP contribution is 2.23. The minimum Gasteiger partial charge on any atom is -0.338 e. The van der Waals surface area contributed by atoms with Crippen LogP contribution in [-0.2, 0) is 21.4 Å². The van der Waals surface area contributed by atoms with Crippen LogP contribution in [-0.4, -0.2) is 66.6 Å². The number of aryl methyl sites for hydroxylation is 1. The third kappa shape index (κ3) is 7.13. The molecule has 7 nitrogen and oxygen atoms in total. The van der Waals surface area contributed by atoms with Crippen LogP contribution in [0.15, 0.2) is 89.8 Å². The minimum absolute atomic E-state index is 0.00235. The molecule has 206 valence electrons. The van der Waals surface area contributed by atoms with Gasteiger partial charge in [0.2, 0.25) is 15.9 Å². The highest BCUT2D eigenvalue weighted by molar-refractivity contribution is 7.89. The monoisotopic (exact) mass is 547 g/mol. The Morgan fingerprint density at radius 1 is 0.872 bits per heavy atom. The van der Waals surface area contributed by atoms with Gasteiger partial charge in [-0.15, -0.1) is 0 Å². The predicted molar refractivity (Wildman–Crippen MR) is 153 cm³/mol. The summed E-state index contributed by atoms with van der Waals surface area (Å²) in [6, 6.07) is 25.5. The molecule has 0 aromatic heterocycles. The van der Waals surface area contributed by atoms with Crippen LogP contribution in [0.1, 0.15) is 47.7 Å². The van der Waals surface area contributed by atoms with Crippen LogP contribution < -0.4 is 0 Å². The molecule has 1 saturated heterocycles. The van der Waals surface area contributed by atoms with Gasteiger partial charge in [0.1, 0.15) is 0 Å². The topological polar surface area (TPSA) is 78.0 Å². The molecular formula is C31H37N3O4S. The molecule has 39 heavy (non-hydrogen) atoms. The summed E-state index contributed by atoms with van der Waals surface area (Å²) in [6.07, 6.45) is 1.86. The van der Waals surface area contributed by atoms with Crippen molar-refractivity contribution in [3.8, 4) is 0 Å². The van der Waals surface area contributed by atoms with E-state index in [0.29, 0.717) is 44.5 Å². The van der Waals surface area contributed by atoms with Crippen molar-refractivity contribution in [2.24, 2.45) is 0 Å². The highest BCUT2D eigenvalue weighted by atomic mass is 32.2. The van der Waals surface area contributed by atoms with Gasteiger partial charge in [0.15, 0.2) is 0 Å². The van der Waals surface area contributed by atoms with E-state index in [1.165, 1.54) is 4.31 Å². The molecule has 0 radical (unpaired) electrons. The molecule has 4 rings (SSSR count). The molecule has 2 amide bonds. The minimum atomic E-state index is -3.82. The van der Waals surface area contributed by atoms with Crippen molar-refractivity contribution in [1.29, 1.82) is 0 Å². The average molecular weight is 548 g/mol. The number of amides is 2. The van der Waals surface area contributed by atoms with E-state index < -0.39 is 10.0 Å². The van der Waals surface area contributed by atoms with Gasteiger partial charge < -0.3 is 9.80 Å². The first kappa shape index (κ1) is 28.5. The lowest BCUT2D eigenvalue weighted by Crippen LogP contribution is -2.51. The summed E-state index contributed by atoms with van der Waals surface area (Å²) in [6.45, 7) is 5.40. The molecule has 3 aromatic rings. The molecule has 1 heterocycles. The summed E-state index contributed by atoms with van der Waals surface area (Å²) in [5, 5.41) is 0. The van der Waals surface area contributed by atoms with Gasteiger partial charge in [-0.05, 0) is 56.0 Å². The summed E-state index contributed by atoms with van der Waals surface area (Å²) < 4.78 is 28.1. The Balaban J connectivity index is 1.51. The molecule has 0 bridgehead atoms. The lowest BCUT2D eigenvalue weighted by atomic mass is 10.0. The second kappa shape index (κ2) is 13.0. The van der Waals surface area contributed by atoms with E-state index in [-0.39, 0.29) is 35.8 Å². The van der Waals surface area contributed by atoms with Crippen LogP contribution in [0.5, 0.6) is 0 Å². The largest absolute Gasteiger partial charge is 0.338 e. The van der Waals surface area contributed by atoms with Crippen LogP contribution in [0.4, 0.5) is 0 Å². The third-order valence-electron chi connectivity index (χ3n) is 7.17. The lowest BCUT2D eigenvalue weighted by Gasteiger charge is -2.39. The normalized spacial score (nSPS) is 14.4. The summed E-state index contributed by atoms with van der Waals surface area (Å²) in [4.78, 5) is 30.7.